The molecule has 2 N–H and O–H groups in total. The number of H-pyrrole nitrogens is 1. The summed E-state index contributed by atoms with van der Waals surface area (Å²) in [6, 6.07) is 3.80. The number of benzene rings is 1. The Morgan fingerprint density at radius 1 is 1.53 bits per heavy atom. The third kappa shape index (κ3) is 1.66. The molecule has 0 amide bonds. The van der Waals surface area contributed by atoms with Crippen LogP contribution >= 0.6 is 11.6 Å². The maximum absolute atomic E-state index is 11.4. The van der Waals surface area contributed by atoms with Gasteiger partial charge in [0.2, 0.25) is 0 Å². The van der Waals surface area contributed by atoms with Crippen LogP contribution < -0.4 is 11.0 Å². The van der Waals surface area contributed by atoms with Gasteiger partial charge in [-0.3, -0.25) is 4.57 Å². The number of halogens is 1. The third-order valence-corrected chi connectivity index (χ3v) is 2.67. The first-order valence-corrected chi connectivity index (χ1v) is 5.03. The number of nitrogens with one attached hydrogen (secondary N) is 2. The Kier molecular flexibility index (Phi) is 2.54. The van der Waals surface area contributed by atoms with Crippen molar-refractivity contribution in [3.05, 3.63) is 33.2 Å². The summed E-state index contributed by atoms with van der Waals surface area (Å²) in [7, 11) is 3.57. The van der Waals surface area contributed by atoms with Crippen LogP contribution in [0.3, 0.4) is 0 Å². The Labute approximate surface area is 91.9 Å². The molecule has 0 unspecified atom stereocenters. The van der Waals surface area contributed by atoms with Gasteiger partial charge in [-0.1, -0.05) is 11.6 Å². The van der Waals surface area contributed by atoms with Crippen LogP contribution in [-0.4, -0.2) is 16.6 Å². The number of fused-ring (bicyclic) bond motifs is 1. The molecule has 1 heterocycles. The standard InChI is InChI=1S/C10H12ClN3O/c1-12-5-6-3-7(11)9-8(4-6)13-10(15)14(9)2/h3-4,12H,5H2,1-2H3,(H,13,15). The minimum atomic E-state index is -0.145. The highest BCUT2D eigenvalue weighted by molar-refractivity contribution is 6.35. The number of aromatic amines is 1. The number of hydrogen-bond acceptors (Lipinski definition) is 2. The van der Waals surface area contributed by atoms with Crippen molar-refractivity contribution < 1.29 is 0 Å². The average Bonchev–Trinajstić information content (AvgIpc) is 2.43. The van der Waals surface area contributed by atoms with Crippen LogP contribution in [0.5, 0.6) is 0 Å². The molecule has 15 heavy (non-hydrogen) atoms. The number of imidazole rings is 1. The van der Waals surface area contributed by atoms with Gasteiger partial charge in [0.05, 0.1) is 16.1 Å². The van der Waals surface area contributed by atoms with Gasteiger partial charge >= 0.3 is 5.69 Å². The molecule has 2 aromatic rings. The Morgan fingerprint density at radius 2 is 2.27 bits per heavy atom. The summed E-state index contributed by atoms with van der Waals surface area (Å²) in [5.41, 5.74) is 2.44. The summed E-state index contributed by atoms with van der Waals surface area (Å²) in [6.45, 7) is 0.729. The van der Waals surface area contributed by atoms with E-state index in [1.54, 1.807) is 7.05 Å². The summed E-state index contributed by atoms with van der Waals surface area (Å²) in [4.78, 5) is 14.2. The van der Waals surface area contributed by atoms with Crippen molar-refractivity contribution in [3.63, 3.8) is 0 Å². The topological polar surface area (TPSA) is 49.8 Å². The molecule has 0 spiro atoms. The molecule has 80 valence electrons. The predicted octanol–water partition coefficient (Wildman–Crippen LogP) is 1.24. The lowest BCUT2D eigenvalue weighted by Crippen LogP contribution is -2.11. The molecule has 1 aromatic carbocycles. The number of nitrogens with zero attached hydrogens (tertiary/aromatic N) is 1. The zero-order valence-electron chi connectivity index (χ0n) is 8.60. The van der Waals surface area contributed by atoms with Crippen LogP contribution in [0.2, 0.25) is 5.02 Å². The second kappa shape index (κ2) is 3.72. The molecule has 0 aliphatic carbocycles. The molecule has 0 radical (unpaired) electrons. The fraction of sp³-hybridized carbons (Fsp3) is 0.300. The molecule has 5 heteroatoms. The Hall–Kier alpha value is -1.26. The second-order valence-electron chi connectivity index (χ2n) is 3.49. The number of aromatic nitrogens is 2. The average molecular weight is 226 g/mol. The van der Waals surface area contributed by atoms with E-state index in [1.165, 1.54) is 4.57 Å². The maximum Gasteiger partial charge on any atom is 0.326 e. The highest BCUT2D eigenvalue weighted by Crippen LogP contribution is 2.22. The summed E-state index contributed by atoms with van der Waals surface area (Å²) < 4.78 is 1.51. The first-order chi connectivity index (χ1) is 7.13. The Morgan fingerprint density at radius 3 is 2.93 bits per heavy atom. The van der Waals surface area contributed by atoms with Gasteiger partial charge in [-0.2, -0.15) is 0 Å². The van der Waals surface area contributed by atoms with Crippen molar-refractivity contribution in [3.8, 4) is 0 Å². The second-order valence-corrected chi connectivity index (χ2v) is 3.90. The van der Waals surface area contributed by atoms with Gasteiger partial charge in [0.15, 0.2) is 0 Å². The zero-order chi connectivity index (χ0) is 11.0. The molecular weight excluding hydrogens is 214 g/mol. The molecule has 0 aliphatic heterocycles. The third-order valence-electron chi connectivity index (χ3n) is 2.39. The highest BCUT2D eigenvalue weighted by atomic mass is 35.5. The fourth-order valence-electron chi connectivity index (χ4n) is 1.70. The lowest BCUT2D eigenvalue weighted by molar-refractivity contribution is 0.819. The van der Waals surface area contributed by atoms with E-state index in [2.05, 4.69) is 10.3 Å². The van der Waals surface area contributed by atoms with Crippen molar-refractivity contribution in [2.24, 2.45) is 7.05 Å². The van der Waals surface area contributed by atoms with Gasteiger partial charge in [0, 0.05) is 13.6 Å². The van der Waals surface area contributed by atoms with Gasteiger partial charge in [-0.25, -0.2) is 4.79 Å². The van der Waals surface area contributed by atoms with Crippen LogP contribution in [0.25, 0.3) is 11.0 Å². The van der Waals surface area contributed by atoms with E-state index in [4.69, 9.17) is 11.6 Å². The molecule has 4 nitrogen and oxygen atoms in total. The quantitative estimate of drug-likeness (QED) is 0.808. The van der Waals surface area contributed by atoms with E-state index in [1.807, 2.05) is 19.2 Å². The predicted molar refractivity (Wildman–Crippen MR) is 61.3 cm³/mol. The van der Waals surface area contributed by atoms with Crippen molar-refractivity contribution >= 4 is 22.6 Å². The highest BCUT2D eigenvalue weighted by Gasteiger charge is 2.08. The first kappa shape index (κ1) is 10.3. The minimum absolute atomic E-state index is 0.145. The molecule has 0 saturated carbocycles. The maximum atomic E-state index is 11.4. The molecule has 0 fully saturated rings. The van der Waals surface area contributed by atoms with Crippen molar-refractivity contribution in [1.82, 2.24) is 14.9 Å². The lowest BCUT2D eigenvalue weighted by Gasteiger charge is -2.02. The van der Waals surface area contributed by atoms with Crippen LogP contribution in [0.1, 0.15) is 5.56 Å². The van der Waals surface area contributed by atoms with Crippen LogP contribution in [0.15, 0.2) is 16.9 Å². The van der Waals surface area contributed by atoms with E-state index < -0.39 is 0 Å². The summed E-state index contributed by atoms with van der Waals surface area (Å²) >= 11 is 6.11. The fourth-order valence-corrected chi connectivity index (χ4v) is 2.07. The van der Waals surface area contributed by atoms with Gasteiger partial charge < -0.3 is 10.3 Å². The largest absolute Gasteiger partial charge is 0.326 e. The number of aryl methyl sites for hydroxylation is 1. The Balaban J connectivity index is 2.73. The normalized spacial score (nSPS) is 11.1. The van der Waals surface area contributed by atoms with Crippen molar-refractivity contribution in [2.45, 2.75) is 6.54 Å². The van der Waals surface area contributed by atoms with E-state index in [-0.39, 0.29) is 5.69 Å². The number of hydrogen-bond donors (Lipinski definition) is 2. The van der Waals surface area contributed by atoms with E-state index in [9.17, 15) is 4.79 Å². The molecule has 0 bridgehead atoms. The van der Waals surface area contributed by atoms with Crippen molar-refractivity contribution in [2.75, 3.05) is 7.05 Å². The molecule has 0 atom stereocenters. The monoisotopic (exact) mass is 225 g/mol. The molecule has 1 aromatic heterocycles. The van der Waals surface area contributed by atoms with Gasteiger partial charge in [0.25, 0.3) is 0 Å². The van der Waals surface area contributed by atoms with Crippen molar-refractivity contribution in [1.29, 1.82) is 0 Å². The molecular formula is C10H12ClN3O. The van der Waals surface area contributed by atoms with Crippen LogP contribution in [0.4, 0.5) is 0 Å². The molecule has 2 rings (SSSR count). The van der Waals surface area contributed by atoms with Crippen LogP contribution in [0, 0.1) is 0 Å². The SMILES string of the molecule is CNCc1cc(Cl)c2c(c1)[nH]c(=O)n2C. The summed E-state index contributed by atoms with van der Waals surface area (Å²) in [5.74, 6) is 0. The van der Waals surface area contributed by atoms with E-state index >= 15 is 0 Å². The first-order valence-electron chi connectivity index (χ1n) is 4.65. The zero-order valence-corrected chi connectivity index (χ0v) is 9.35. The molecule has 0 saturated heterocycles. The van der Waals surface area contributed by atoms with Gasteiger partial charge in [0.1, 0.15) is 0 Å². The van der Waals surface area contributed by atoms with E-state index in [0.29, 0.717) is 5.02 Å². The Bertz CT molecular complexity index is 556. The van der Waals surface area contributed by atoms with Gasteiger partial charge in [-0.05, 0) is 24.7 Å². The van der Waals surface area contributed by atoms with Crippen LogP contribution in [-0.2, 0) is 13.6 Å². The lowest BCUT2D eigenvalue weighted by atomic mass is 10.2. The van der Waals surface area contributed by atoms with E-state index in [0.717, 1.165) is 23.1 Å². The summed E-state index contributed by atoms with van der Waals surface area (Å²) in [5, 5.41) is 3.64. The smallest absolute Gasteiger partial charge is 0.316 e. The summed E-state index contributed by atoms with van der Waals surface area (Å²) in [6.07, 6.45) is 0. The minimum Gasteiger partial charge on any atom is -0.316 e. The molecule has 0 aliphatic rings. The number of rotatable bonds is 2. The van der Waals surface area contributed by atoms with Gasteiger partial charge in [-0.15, -0.1) is 0 Å².